The zero-order chi connectivity index (χ0) is 14.4. The number of rotatable bonds is 6. The highest BCUT2D eigenvalue weighted by Crippen LogP contribution is 2.25. The molecule has 4 nitrogen and oxygen atoms in total. The van der Waals surface area contributed by atoms with Gasteiger partial charge in [0.25, 0.3) is 0 Å². The molecule has 0 fully saturated rings. The third-order valence-corrected chi connectivity index (χ3v) is 3.38. The topological polar surface area (TPSA) is 55.6 Å². The summed E-state index contributed by atoms with van der Waals surface area (Å²) in [6.07, 6.45) is 1.11. The Morgan fingerprint density at radius 2 is 2.11 bits per heavy atom. The average molecular weight is 264 g/mol. The third kappa shape index (κ3) is 3.88. The third-order valence-electron chi connectivity index (χ3n) is 3.38. The van der Waals surface area contributed by atoms with Crippen molar-refractivity contribution in [2.24, 2.45) is 5.92 Å². The van der Waals surface area contributed by atoms with E-state index in [-0.39, 0.29) is 5.97 Å². The molecule has 1 unspecified atom stereocenters. The average Bonchev–Trinajstić information content (AvgIpc) is 2.43. The number of carbonyl (C=O) groups is 1. The number of carbonyl (C=O) groups excluding carboxylic acids is 1. The quantitative estimate of drug-likeness (QED) is 0.634. The number of nitrogens with zero attached hydrogens (tertiary/aromatic N) is 1. The molecule has 1 rings (SSSR count). The van der Waals surface area contributed by atoms with Gasteiger partial charge in [0.1, 0.15) is 0 Å². The molecule has 0 aliphatic rings. The van der Waals surface area contributed by atoms with Crippen LogP contribution >= 0.6 is 0 Å². The van der Waals surface area contributed by atoms with Crippen molar-refractivity contribution in [1.29, 1.82) is 0 Å². The molecule has 19 heavy (non-hydrogen) atoms. The van der Waals surface area contributed by atoms with Crippen molar-refractivity contribution >= 4 is 17.3 Å². The van der Waals surface area contributed by atoms with Crippen LogP contribution in [0.1, 0.15) is 37.6 Å². The minimum absolute atomic E-state index is 0.343. The Morgan fingerprint density at radius 3 is 2.63 bits per heavy atom. The predicted molar refractivity (Wildman–Crippen MR) is 79.5 cm³/mol. The molecule has 0 aliphatic heterocycles. The lowest BCUT2D eigenvalue weighted by Crippen LogP contribution is -2.29. The number of hydrogen-bond acceptors (Lipinski definition) is 4. The SMILES string of the molecule is CCC(C)CN(CC)c1ccc(N)cc1C(=O)OC. The fourth-order valence-electron chi connectivity index (χ4n) is 2.01. The number of anilines is 2. The first-order chi connectivity index (χ1) is 9.03. The lowest BCUT2D eigenvalue weighted by Gasteiger charge is -2.28. The van der Waals surface area contributed by atoms with Crippen LogP contribution in [-0.2, 0) is 4.74 Å². The van der Waals surface area contributed by atoms with Crippen LogP contribution in [0.3, 0.4) is 0 Å². The van der Waals surface area contributed by atoms with Crippen LogP contribution in [0.5, 0.6) is 0 Å². The van der Waals surface area contributed by atoms with Crippen LogP contribution in [0.15, 0.2) is 18.2 Å². The Morgan fingerprint density at radius 1 is 1.42 bits per heavy atom. The number of hydrogen-bond donors (Lipinski definition) is 1. The van der Waals surface area contributed by atoms with Crippen LogP contribution in [0.25, 0.3) is 0 Å². The van der Waals surface area contributed by atoms with E-state index in [4.69, 9.17) is 10.5 Å². The molecule has 4 heteroatoms. The summed E-state index contributed by atoms with van der Waals surface area (Å²) >= 11 is 0. The maximum atomic E-state index is 11.9. The molecule has 0 aliphatic carbocycles. The van der Waals surface area contributed by atoms with E-state index in [9.17, 15) is 4.79 Å². The molecular formula is C15H24N2O2. The van der Waals surface area contributed by atoms with Crippen LogP contribution in [0, 0.1) is 5.92 Å². The van der Waals surface area contributed by atoms with Gasteiger partial charge in [0.15, 0.2) is 0 Å². The molecule has 0 heterocycles. The van der Waals surface area contributed by atoms with Crippen molar-refractivity contribution in [2.75, 3.05) is 30.8 Å². The van der Waals surface area contributed by atoms with Gasteiger partial charge in [-0.25, -0.2) is 4.79 Å². The van der Waals surface area contributed by atoms with Gasteiger partial charge in [0.2, 0.25) is 0 Å². The highest BCUT2D eigenvalue weighted by atomic mass is 16.5. The first-order valence-electron chi connectivity index (χ1n) is 6.76. The Bertz CT molecular complexity index is 432. The lowest BCUT2D eigenvalue weighted by molar-refractivity contribution is 0.0601. The Labute approximate surface area is 115 Å². The highest BCUT2D eigenvalue weighted by Gasteiger charge is 2.17. The maximum Gasteiger partial charge on any atom is 0.340 e. The van der Waals surface area contributed by atoms with E-state index in [1.54, 1.807) is 6.07 Å². The molecule has 0 saturated heterocycles. The molecule has 0 aromatic heterocycles. The summed E-state index contributed by atoms with van der Waals surface area (Å²) in [5, 5.41) is 0. The molecule has 0 bridgehead atoms. The molecule has 1 aromatic rings. The number of nitrogen functional groups attached to an aromatic ring is 1. The normalized spacial score (nSPS) is 12.0. The van der Waals surface area contributed by atoms with Crippen molar-refractivity contribution in [3.05, 3.63) is 23.8 Å². The van der Waals surface area contributed by atoms with Crippen LogP contribution in [0.2, 0.25) is 0 Å². The Balaban J connectivity index is 3.12. The summed E-state index contributed by atoms with van der Waals surface area (Å²) in [7, 11) is 1.39. The number of ether oxygens (including phenoxy) is 1. The molecule has 106 valence electrons. The fraction of sp³-hybridized carbons (Fsp3) is 0.533. The van der Waals surface area contributed by atoms with Crippen molar-refractivity contribution in [3.8, 4) is 0 Å². The van der Waals surface area contributed by atoms with Crippen molar-refractivity contribution in [3.63, 3.8) is 0 Å². The fourth-order valence-corrected chi connectivity index (χ4v) is 2.01. The second-order valence-electron chi connectivity index (χ2n) is 4.82. The second kappa shape index (κ2) is 7.02. The van der Waals surface area contributed by atoms with Gasteiger partial charge in [-0.1, -0.05) is 20.3 Å². The summed E-state index contributed by atoms with van der Waals surface area (Å²) < 4.78 is 4.84. The number of nitrogens with two attached hydrogens (primary N) is 1. The van der Waals surface area contributed by atoms with E-state index < -0.39 is 0 Å². The van der Waals surface area contributed by atoms with Gasteiger partial charge in [-0.3, -0.25) is 0 Å². The summed E-state index contributed by atoms with van der Waals surface area (Å²) in [5.41, 5.74) is 7.76. The minimum atomic E-state index is -0.343. The van der Waals surface area contributed by atoms with E-state index in [0.29, 0.717) is 17.2 Å². The van der Waals surface area contributed by atoms with Gasteiger partial charge in [-0.2, -0.15) is 0 Å². The van der Waals surface area contributed by atoms with Crippen LogP contribution < -0.4 is 10.6 Å². The van der Waals surface area contributed by atoms with Crippen molar-refractivity contribution < 1.29 is 9.53 Å². The minimum Gasteiger partial charge on any atom is -0.465 e. The van der Waals surface area contributed by atoms with Gasteiger partial charge < -0.3 is 15.4 Å². The number of esters is 1. The molecule has 0 radical (unpaired) electrons. The predicted octanol–water partition coefficient (Wildman–Crippen LogP) is 2.93. The van der Waals surface area contributed by atoms with E-state index in [1.165, 1.54) is 7.11 Å². The highest BCUT2D eigenvalue weighted by molar-refractivity contribution is 5.96. The zero-order valence-corrected chi connectivity index (χ0v) is 12.3. The van der Waals surface area contributed by atoms with Crippen LogP contribution in [0.4, 0.5) is 11.4 Å². The number of methoxy groups -OCH3 is 1. The molecule has 2 N–H and O–H groups in total. The summed E-state index contributed by atoms with van der Waals surface area (Å²) in [6, 6.07) is 5.40. The largest absolute Gasteiger partial charge is 0.465 e. The van der Waals surface area contributed by atoms with Gasteiger partial charge >= 0.3 is 5.97 Å². The zero-order valence-electron chi connectivity index (χ0n) is 12.3. The van der Waals surface area contributed by atoms with Gasteiger partial charge in [-0.15, -0.1) is 0 Å². The van der Waals surface area contributed by atoms with Crippen LogP contribution in [-0.4, -0.2) is 26.2 Å². The van der Waals surface area contributed by atoms with Gasteiger partial charge in [0.05, 0.1) is 18.4 Å². The first-order valence-corrected chi connectivity index (χ1v) is 6.76. The van der Waals surface area contributed by atoms with Crippen molar-refractivity contribution in [2.45, 2.75) is 27.2 Å². The summed E-state index contributed by atoms with van der Waals surface area (Å²) in [5.74, 6) is 0.230. The van der Waals surface area contributed by atoms with E-state index in [0.717, 1.165) is 25.2 Å². The van der Waals surface area contributed by atoms with Gasteiger partial charge in [-0.05, 0) is 31.0 Å². The maximum absolute atomic E-state index is 11.9. The monoisotopic (exact) mass is 264 g/mol. The van der Waals surface area contributed by atoms with Crippen molar-refractivity contribution in [1.82, 2.24) is 0 Å². The molecule has 0 saturated carbocycles. The Hall–Kier alpha value is -1.71. The molecule has 0 spiro atoms. The summed E-state index contributed by atoms with van der Waals surface area (Å²) in [6.45, 7) is 8.22. The lowest BCUT2D eigenvalue weighted by atomic mass is 10.1. The van der Waals surface area contributed by atoms with E-state index in [1.807, 2.05) is 12.1 Å². The molecule has 0 amide bonds. The Kier molecular flexibility index (Phi) is 5.67. The van der Waals surface area contributed by atoms with E-state index in [2.05, 4.69) is 25.7 Å². The summed E-state index contributed by atoms with van der Waals surface area (Å²) in [4.78, 5) is 14.1. The number of benzene rings is 1. The molecular weight excluding hydrogens is 240 g/mol. The standard InChI is InChI=1S/C15H24N2O2/c1-5-11(3)10-17(6-2)14-8-7-12(16)9-13(14)15(18)19-4/h7-9,11H,5-6,10,16H2,1-4H3. The molecule has 1 atom stereocenters. The first kappa shape index (κ1) is 15.3. The molecule has 1 aromatic carbocycles. The second-order valence-corrected chi connectivity index (χ2v) is 4.82. The smallest absolute Gasteiger partial charge is 0.340 e. The van der Waals surface area contributed by atoms with E-state index >= 15 is 0 Å². The van der Waals surface area contributed by atoms with Gasteiger partial charge in [0, 0.05) is 18.8 Å².